The smallest absolute Gasteiger partial charge is 0.167 e. The lowest BCUT2D eigenvalue weighted by Crippen LogP contribution is -2.00. The maximum Gasteiger partial charge on any atom is 0.167 e. The molecule has 0 amide bonds. The van der Waals surface area contributed by atoms with Crippen molar-refractivity contribution in [1.29, 1.82) is 0 Å². The van der Waals surface area contributed by atoms with Crippen LogP contribution in [-0.2, 0) is 0 Å². The van der Waals surface area contributed by atoms with Gasteiger partial charge in [-0.05, 0) is 76.3 Å². The molecular formula is C63H38N4O2. The van der Waals surface area contributed by atoms with Crippen LogP contribution in [0.3, 0.4) is 0 Å². The van der Waals surface area contributed by atoms with E-state index >= 15 is 0 Å². The molecule has 4 aromatic heterocycles. The number of hydrogen-bond acceptors (Lipinski definition) is 5. The molecule has 14 aromatic rings. The van der Waals surface area contributed by atoms with E-state index in [0.29, 0.717) is 17.5 Å². The van der Waals surface area contributed by atoms with Crippen molar-refractivity contribution < 1.29 is 8.83 Å². The third-order valence-electron chi connectivity index (χ3n) is 13.5. The molecule has 69 heavy (non-hydrogen) atoms. The average Bonchev–Trinajstić information content (AvgIpc) is 4.11. The summed E-state index contributed by atoms with van der Waals surface area (Å²) in [7, 11) is 0. The molecule has 0 bridgehead atoms. The van der Waals surface area contributed by atoms with Gasteiger partial charge in [-0.25, -0.2) is 15.0 Å². The van der Waals surface area contributed by atoms with Gasteiger partial charge in [0.1, 0.15) is 22.3 Å². The summed E-state index contributed by atoms with van der Waals surface area (Å²) in [4.78, 5) is 15.3. The number of benzene rings is 10. The van der Waals surface area contributed by atoms with Gasteiger partial charge in [-0.15, -0.1) is 0 Å². The Morgan fingerprint density at radius 1 is 0.290 bits per heavy atom. The van der Waals surface area contributed by atoms with Crippen molar-refractivity contribution in [1.82, 2.24) is 19.5 Å². The minimum absolute atomic E-state index is 0.539. The van der Waals surface area contributed by atoms with Gasteiger partial charge < -0.3 is 13.4 Å². The molecule has 14 rings (SSSR count). The van der Waals surface area contributed by atoms with Crippen LogP contribution >= 0.6 is 0 Å². The molecule has 0 spiro atoms. The fourth-order valence-corrected chi connectivity index (χ4v) is 10.2. The summed E-state index contributed by atoms with van der Waals surface area (Å²) >= 11 is 0. The van der Waals surface area contributed by atoms with Crippen LogP contribution in [0.5, 0.6) is 0 Å². The van der Waals surface area contributed by atoms with Crippen LogP contribution in [0, 0.1) is 0 Å². The van der Waals surface area contributed by atoms with E-state index in [1.165, 1.54) is 21.9 Å². The summed E-state index contributed by atoms with van der Waals surface area (Å²) < 4.78 is 16.1. The fraction of sp³-hybridized carbons (Fsp3) is 0. The molecule has 4 heterocycles. The summed E-state index contributed by atoms with van der Waals surface area (Å²) in [5, 5.41) is 6.49. The van der Waals surface area contributed by atoms with E-state index in [0.717, 1.165) is 99.5 Å². The molecule has 0 atom stereocenters. The monoisotopic (exact) mass is 882 g/mol. The van der Waals surface area contributed by atoms with Crippen molar-refractivity contribution in [2.24, 2.45) is 0 Å². The Hall–Kier alpha value is -9.39. The Bertz CT molecular complexity index is 4290. The second-order valence-electron chi connectivity index (χ2n) is 17.5. The normalized spacial score (nSPS) is 11.8. The van der Waals surface area contributed by atoms with E-state index in [-0.39, 0.29) is 0 Å². The zero-order valence-corrected chi connectivity index (χ0v) is 37.0. The van der Waals surface area contributed by atoms with Crippen molar-refractivity contribution in [3.05, 3.63) is 231 Å². The SMILES string of the molecule is c1ccc(-c2ccc(-c3nc(-c4ccccc4)nc(-c4cccc5c4oc4c(-c6ccc7oc8cccc(-n9c%10ccccc%10c%10cc(-c%11ccccc%11)ccc%109)c8c7c6)cccc45)n3)cc2)cc1. The summed E-state index contributed by atoms with van der Waals surface area (Å²) in [6.07, 6.45) is 0. The number of rotatable bonds is 7. The Morgan fingerprint density at radius 3 is 1.54 bits per heavy atom. The minimum atomic E-state index is 0.539. The molecular weight excluding hydrogens is 845 g/mol. The molecule has 0 radical (unpaired) electrons. The largest absolute Gasteiger partial charge is 0.456 e. The first-order valence-electron chi connectivity index (χ1n) is 23.2. The topological polar surface area (TPSA) is 69.9 Å². The van der Waals surface area contributed by atoms with Gasteiger partial charge in [0.15, 0.2) is 17.5 Å². The fourth-order valence-electron chi connectivity index (χ4n) is 10.2. The van der Waals surface area contributed by atoms with E-state index in [9.17, 15) is 0 Å². The third kappa shape index (κ3) is 6.38. The summed E-state index contributed by atoms with van der Waals surface area (Å²) in [5.74, 6) is 1.72. The summed E-state index contributed by atoms with van der Waals surface area (Å²) in [6.45, 7) is 0. The average molecular weight is 883 g/mol. The predicted octanol–water partition coefficient (Wildman–Crippen LogP) is 16.8. The van der Waals surface area contributed by atoms with Gasteiger partial charge in [-0.2, -0.15) is 0 Å². The van der Waals surface area contributed by atoms with E-state index in [1.807, 2.05) is 42.5 Å². The highest BCUT2D eigenvalue weighted by atomic mass is 16.3. The maximum absolute atomic E-state index is 7.05. The highest BCUT2D eigenvalue weighted by Crippen LogP contribution is 2.44. The second-order valence-corrected chi connectivity index (χ2v) is 17.5. The standard InChI is InChI=1S/C63H38N4O2/c1-4-15-39(16-5-1)41-29-31-43(32-30-41)62-64-61(42-19-8-3-9-20-42)65-63(66-62)50-25-13-24-49-48-23-12-22-46(59(48)69-60(49)50)45-34-36-56-52(38-45)58-55(27-14-28-57(58)68-56)67-53-26-11-10-21-47(53)51-37-44(33-35-54(51)67)40-17-6-2-7-18-40/h1-38H. The Morgan fingerprint density at radius 2 is 0.797 bits per heavy atom. The molecule has 6 nitrogen and oxygen atoms in total. The molecule has 10 aromatic carbocycles. The van der Waals surface area contributed by atoms with Gasteiger partial charge in [0, 0.05) is 43.6 Å². The second kappa shape index (κ2) is 15.6. The Labute approximate surface area is 396 Å². The highest BCUT2D eigenvalue weighted by molar-refractivity contribution is 6.17. The number of hydrogen-bond donors (Lipinski definition) is 0. The maximum atomic E-state index is 7.05. The van der Waals surface area contributed by atoms with Crippen LogP contribution in [-0.4, -0.2) is 19.5 Å². The van der Waals surface area contributed by atoms with Gasteiger partial charge in [0.25, 0.3) is 0 Å². The molecule has 0 N–H and O–H groups in total. The Balaban J connectivity index is 0.916. The summed E-state index contributed by atoms with van der Waals surface area (Å²) in [6, 6.07) is 80.3. The van der Waals surface area contributed by atoms with Crippen LogP contribution in [0.25, 0.3) is 139 Å². The molecule has 0 fully saturated rings. The van der Waals surface area contributed by atoms with Gasteiger partial charge >= 0.3 is 0 Å². The lowest BCUT2D eigenvalue weighted by molar-refractivity contribution is 0.668. The zero-order chi connectivity index (χ0) is 45.4. The van der Waals surface area contributed by atoms with E-state index in [2.05, 4.69) is 193 Å². The lowest BCUT2D eigenvalue weighted by atomic mass is 9.99. The van der Waals surface area contributed by atoms with Crippen molar-refractivity contribution in [2.45, 2.75) is 0 Å². The first-order chi connectivity index (χ1) is 34.2. The van der Waals surface area contributed by atoms with Crippen molar-refractivity contribution in [3.63, 3.8) is 0 Å². The quantitative estimate of drug-likeness (QED) is 0.159. The molecule has 0 aliphatic carbocycles. The zero-order valence-electron chi connectivity index (χ0n) is 37.0. The molecule has 0 aliphatic rings. The van der Waals surface area contributed by atoms with Crippen LogP contribution in [0.4, 0.5) is 0 Å². The van der Waals surface area contributed by atoms with Gasteiger partial charge in [0.05, 0.1) is 27.7 Å². The number of furan rings is 2. The summed E-state index contributed by atoms with van der Waals surface area (Å²) in [5.41, 5.74) is 15.8. The van der Waals surface area contributed by atoms with Crippen LogP contribution in [0.15, 0.2) is 239 Å². The first-order valence-corrected chi connectivity index (χ1v) is 23.2. The molecule has 0 unspecified atom stereocenters. The lowest BCUT2D eigenvalue weighted by Gasteiger charge is -2.10. The number of para-hydroxylation sites is 3. The van der Waals surface area contributed by atoms with Crippen molar-refractivity contribution in [2.75, 3.05) is 0 Å². The number of fused-ring (bicyclic) bond motifs is 9. The Kier molecular flexibility index (Phi) is 8.79. The van der Waals surface area contributed by atoms with Crippen LogP contribution in [0.2, 0.25) is 0 Å². The molecule has 0 saturated carbocycles. The van der Waals surface area contributed by atoms with Crippen LogP contribution < -0.4 is 0 Å². The third-order valence-corrected chi connectivity index (χ3v) is 13.5. The molecule has 0 saturated heterocycles. The number of aromatic nitrogens is 4. The number of nitrogens with zero attached hydrogens (tertiary/aromatic N) is 4. The van der Waals surface area contributed by atoms with Gasteiger partial charge in [-0.3, -0.25) is 0 Å². The van der Waals surface area contributed by atoms with E-state index in [1.54, 1.807) is 0 Å². The van der Waals surface area contributed by atoms with Crippen molar-refractivity contribution in [3.8, 4) is 73.2 Å². The molecule has 322 valence electrons. The van der Waals surface area contributed by atoms with E-state index < -0.39 is 0 Å². The van der Waals surface area contributed by atoms with E-state index in [4.69, 9.17) is 23.8 Å². The predicted molar refractivity (Wildman–Crippen MR) is 281 cm³/mol. The first kappa shape index (κ1) is 38.8. The minimum Gasteiger partial charge on any atom is -0.456 e. The molecule has 6 heteroatoms. The van der Waals surface area contributed by atoms with Crippen LogP contribution in [0.1, 0.15) is 0 Å². The molecule has 0 aliphatic heterocycles. The van der Waals surface area contributed by atoms with Gasteiger partial charge in [-0.1, -0.05) is 182 Å². The van der Waals surface area contributed by atoms with Crippen molar-refractivity contribution >= 4 is 65.7 Å². The highest BCUT2D eigenvalue weighted by Gasteiger charge is 2.22. The van der Waals surface area contributed by atoms with Gasteiger partial charge in [0.2, 0.25) is 0 Å².